The molecule has 2 aromatic carbocycles. The first-order valence-electron chi connectivity index (χ1n) is 6.59. The van der Waals surface area contributed by atoms with Gasteiger partial charge in [0.25, 0.3) is 5.91 Å². The summed E-state index contributed by atoms with van der Waals surface area (Å²) < 4.78 is 18.3. The van der Waals surface area contributed by atoms with Gasteiger partial charge in [0.15, 0.2) is 18.2 Å². The van der Waals surface area contributed by atoms with Crippen molar-refractivity contribution in [3.63, 3.8) is 0 Å². The summed E-state index contributed by atoms with van der Waals surface area (Å²) >= 11 is 0. The normalized spacial score (nSPS) is 10.5. The molecule has 0 unspecified atom stereocenters. The molecule has 1 amide bonds. The summed E-state index contributed by atoms with van der Waals surface area (Å²) in [5.74, 6) is -2.14. The van der Waals surface area contributed by atoms with Gasteiger partial charge in [-0.1, -0.05) is 24.3 Å². The van der Waals surface area contributed by atoms with Crippen LogP contribution in [0.1, 0.15) is 15.9 Å². The van der Waals surface area contributed by atoms with E-state index in [4.69, 9.17) is 9.84 Å². The van der Waals surface area contributed by atoms with Crippen LogP contribution in [-0.4, -0.2) is 29.8 Å². The van der Waals surface area contributed by atoms with E-state index in [9.17, 15) is 14.0 Å². The first kappa shape index (κ1) is 16.2. The number of nitrogens with zero attached hydrogens (tertiary/aromatic N) is 1. The van der Waals surface area contributed by atoms with E-state index in [0.29, 0.717) is 5.56 Å². The first-order chi connectivity index (χ1) is 11.1. The average Bonchev–Trinajstić information content (AvgIpc) is 2.54. The second-order valence-electron chi connectivity index (χ2n) is 4.44. The van der Waals surface area contributed by atoms with Gasteiger partial charge in [-0.2, -0.15) is 5.10 Å². The monoisotopic (exact) mass is 316 g/mol. The van der Waals surface area contributed by atoms with Crippen LogP contribution in [0.15, 0.2) is 53.6 Å². The predicted molar refractivity (Wildman–Crippen MR) is 81.0 cm³/mol. The Labute approximate surface area is 131 Å². The quantitative estimate of drug-likeness (QED) is 0.630. The molecule has 2 rings (SSSR count). The largest absolute Gasteiger partial charge is 0.481 e. The molecule has 23 heavy (non-hydrogen) atoms. The molecule has 0 bridgehead atoms. The number of rotatable bonds is 6. The van der Waals surface area contributed by atoms with Gasteiger partial charge in [0.1, 0.15) is 0 Å². The molecule has 2 N–H and O–H groups in total. The summed E-state index contributed by atoms with van der Waals surface area (Å²) in [6, 6.07) is 11.7. The highest BCUT2D eigenvalue weighted by molar-refractivity contribution is 5.89. The smallest absolute Gasteiger partial charge is 0.335 e. The van der Waals surface area contributed by atoms with Crippen molar-refractivity contribution in [1.29, 1.82) is 0 Å². The van der Waals surface area contributed by atoms with E-state index < -0.39 is 17.7 Å². The lowest BCUT2D eigenvalue weighted by Crippen LogP contribution is -2.24. The highest BCUT2D eigenvalue weighted by Gasteiger charge is 2.05. The minimum Gasteiger partial charge on any atom is -0.481 e. The molecule has 0 aliphatic rings. The van der Waals surface area contributed by atoms with Crippen LogP contribution in [-0.2, 0) is 4.79 Å². The Morgan fingerprint density at radius 3 is 2.52 bits per heavy atom. The third-order valence-electron chi connectivity index (χ3n) is 2.76. The van der Waals surface area contributed by atoms with Crippen molar-refractivity contribution in [2.45, 2.75) is 0 Å². The third kappa shape index (κ3) is 4.92. The number of halogens is 1. The Bertz CT molecular complexity index is 729. The van der Waals surface area contributed by atoms with E-state index in [1.54, 1.807) is 18.2 Å². The lowest BCUT2D eigenvalue weighted by molar-refractivity contribution is -0.123. The van der Waals surface area contributed by atoms with Crippen LogP contribution in [0.5, 0.6) is 5.75 Å². The molecule has 7 heteroatoms. The number of para-hydroxylation sites is 1. The Morgan fingerprint density at radius 1 is 1.17 bits per heavy atom. The van der Waals surface area contributed by atoms with Crippen LogP contribution in [0.2, 0.25) is 0 Å². The van der Waals surface area contributed by atoms with Gasteiger partial charge in [-0.25, -0.2) is 14.6 Å². The summed E-state index contributed by atoms with van der Waals surface area (Å²) in [7, 11) is 0. The molecule has 0 heterocycles. The number of hydrazone groups is 1. The maximum absolute atomic E-state index is 13.3. The number of carboxylic acid groups (broad SMARTS) is 1. The fraction of sp³-hybridized carbons (Fsp3) is 0.0625. The number of hydrogen-bond acceptors (Lipinski definition) is 4. The van der Waals surface area contributed by atoms with E-state index in [0.717, 1.165) is 0 Å². The summed E-state index contributed by atoms with van der Waals surface area (Å²) in [6.45, 7) is -0.379. The molecule has 0 spiro atoms. The zero-order chi connectivity index (χ0) is 16.7. The van der Waals surface area contributed by atoms with Crippen molar-refractivity contribution >= 4 is 18.1 Å². The topological polar surface area (TPSA) is 88.0 Å². The number of benzene rings is 2. The number of amides is 1. The highest BCUT2D eigenvalue weighted by Crippen LogP contribution is 2.14. The van der Waals surface area contributed by atoms with Crippen LogP contribution in [0.4, 0.5) is 4.39 Å². The SMILES string of the molecule is O=C(COc1ccccc1F)N/N=C\c1ccc(C(=O)O)cc1. The first-order valence-corrected chi connectivity index (χ1v) is 6.59. The van der Waals surface area contributed by atoms with Crippen molar-refractivity contribution in [3.05, 3.63) is 65.5 Å². The number of hydrogen-bond donors (Lipinski definition) is 2. The Balaban J connectivity index is 1.82. The van der Waals surface area contributed by atoms with Crippen LogP contribution in [0, 0.1) is 5.82 Å². The molecule has 0 fully saturated rings. The van der Waals surface area contributed by atoms with Gasteiger partial charge in [0, 0.05) is 0 Å². The number of ether oxygens (including phenoxy) is 1. The zero-order valence-corrected chi connectivity index (χ0v) is 11.9. The zero-order valence-electron chi connectivity index (χ0n) is 11.9. The molecule has 2 aromatic rings. The van der Waals surface area contributed by atoms with E-state index >= 15 is 0 Å². The molecular formula is C16H13FN2O4. The lowest BCUT2D eigenvalue weighted by atomic mass is 10.1. The molecule has 6 nitrogen and oxygen atoms in total. The third-order valence-corrected chi connectivity index (χ3v) is 2.76. The van der Waals surface area contributed by atoms with Crippen LogP contribution >= 0.6 is 0 Å². The molecule has 0 saturated heterocycles. The number of carboxylic acids is 1. The van der Waals surface area contributed by atoms with Crippen molar-refractivity contribution in [2.75, 3.05) is 6.61 Å². The predicted octanol–water partition coefficient (Wildman–Crippen LogP) is 2.05. The fourth-order valence-corrected chi connectivity index (χ4v) is 1.63. The van der Waals surface area contributed by atoms with Gasteiger partial charge < -0.3 is 9.84 Å². The molecular weight excluding hydrogens is 303 g/mol. The number of carbonyl (C=O) groups is 2. The number of nitrogens with one attached hydrogen (secondary N) is 1. The minimum absolute atomic E-state index is 0.0177. The maximum Gasteiger partial charge on any atom is 0.335 e. The summed E-state index contributed by atoms with van der Waals surface area (Å²) in [5, 5.41) is 12.5. The molecule has 118 valence electrons. The van der Waals surface area contributed by atoms with Crippen molar-refractivity contribution in [2.24, 2.45) is 5.10 Å². The van der Waals surface area contributed by atoms with E-state index in [1.165, 1.54) is 36.5 Å². The van der Waals surface area contributed by atoms with Crippen LogP contribution in [0.25, 0.3) is 0 Å². The van der Waals surface area contributed by atoms with Gasteiger partial charge in [-0.05, 0) is 29.8 Å². The Hall–Kier alpha value is -3.22. The van der Waals surface area contributed by atoms with Crippen molar-refractivity contribution in [3.8, 4) is 5.75 Å². The Morgan fingerprint density at radius 2 is 1.87 bits per heavy atom. The van der Waals surface area contributed by atoms with Crippen molar-refractivity contribution < 1.29 is 23.8 Å². The Kier molecular flexibility index (Phi) is 5.40. The van der Waals surface area contributed by atoms with Crippen LogP contribution < -0.4 is 10.2 Å². The molecule has 0 aliphatic heterocycles. The lowest BCUT2D eigenvalue weighted by Gasteiger charge is -2.05. The van der Waals surface area contributed by atoms with Crippen LogP contribution in [0.3, 0.4) is 0 Å². The molecule has 0 aliphatic carbocycles. The van der Waals surface area contributed by atoms with Gasteiger partial charge in [-0.15, -0.1) is 0 Å². The summed E-state index contributed by atoms with van der Waals surface area (Å²) in [6.07, 6.45) is 1.35. The van der Waals surface area contributed by atoms with Gasteiger partial charge in [0.05, 0.1) is 11.8 Å². The van der Waals surface area contributed by atoms with Crippen molar-refractivity contribution in [1.82, 2.24) is 5.43 Å². The summed E-state index contributed by atoms with van der Waals surface area (Å²) in [4.78, 5) is 22.2. The maximum atomic E-state index is 13.3. The highest BCUT2D eigenvalue weighted by atomic mass is 19.1. The summed E-state index contributed by atoms with van der Waals surface area (Å²) in [5.41, 5.74) is 3.00. The number of carbonyl (C=O) groups excluding carboxylic acids is 1. The van der Waals surface area contributed by atoms with E-state index in [-0.39, 0.29) is 17.9 Å². The molecule has 0 radical (unpaired) electrons. The van der Waals surface area contributed by atoms with Gasteiger partial charge >= 0.3 is 5.97 Å². The minimum atomic E-state index is -1.02. The standard InChI is InChI=1S/C16H13FN2O4/c17-13-3-1-2-4-14(13)23-10-15(20)19-18-9-11-5-7-12(8-6-11)16(21)22/h1-9H,10H2,(H,19,20)(H,21,22)/b18-9-. The van der Waals surface area contributed by atoms with E-state index in [2.05, 4.69) is 10.5 Å². The van der Waals surface area contributed by atoms with E-state index in [1.807, 2.05) is 0 Å². The van der Waals surface area contributed by atoms with Gasteiger partial charge in [0.2, 0.25) is 0 Å². The van der Waals surface area contributed by atoms with Gasteiger partial charge in [-0.3, -0.25) is 4.79 Å². The average molecular weight is 316 g/mol. The fourth-order valence-electron chi connectivity index (χ4n) is 1.63. The second-order valence-corrected chi connectivity index (χ2v) is 4.44. The molecule has 0 atom stereocenters. The second kappa shape index (κ2) is 7.69. The number of aromatic carboxylic acids is 1. The molecule has 0 saturated carbocycles. The molecule has 0 aromatic heterocycles.